The van der Waals surface area contributed by atoms with Crippen LogP contribution in [-0.4, -0.2) is 15.7 Å². The Morgan fingerprint density at radius 3 is 2.32 bits per heavy atom. The van der Waals surface area contributed by atoms with Crippen molar-refractivity contribution < 1.29 is 4.79 Å². The van der Waals surface area contributed by atoms with Crippen LogP contribution in [0.3, 0.4) is 0 Å². The van der Waals surface area contributed by atoms with Crippen molar-refractivity contribution in [3.8, 4) is 11.1 Å². The van der Waals surface area contributed by atoms with Crippen molar-refractivity contribution in [1.29, 1.82) is 0 Å². The maximum Gasteiger partial charge on any atom is 0.229 e. The molecule has 0 aliphatic rings. The zero-order valence-corrected chi connectivity index (χ0v) is 12.4. The van der Waals surface area contributed by atoms with E-state index in [2.05, 4.69) is 22.5 Å². The van der Waals surface area contributed by atoms with Gasteiger partial charge in [-0.15, -0.1) is 0 Å². The fourth-order valence-corrected chi connectivity index (χ4v) is 2.30. The van der Waals surface area contributed by atoms with Crippen LogP contribution in [0.4, 0.5) is 5.82 Å². The average Bonchev–Trinajstić information content (AvgIpc) is 2.94. The molecule has 0 aliphatic carbocycles. The van der Waals surface area contributed by atoms with Gasteiger partial charge in [0.1, 0.15) is 0 Å². The fourth-order valence-electron chi connectivity index (χ4n) is 2.30. The van der Waals surface area contributed by atoms with E-state index in [1.807, 2.05) is 49.5 Å². The second-order valence-corrected chi connectivity index (χ2v) is 5.16. The van der Waals surface area contributed by atoms with Crippen molar-refractivity contribution >= 4 is 11.7 Å². The van der Waals surface area contributed by atoms with Crippen LogP contribution >= 0.6 is 0 Å². The second-order valence-electron chi connectivity index (χ2n) is 5.16. The van der Waals surface area contributed by atoms with E-state index in [-0.39, 0.29) is 5.91 Å². The number of hydrogen-bond donors (Lipinski definition) is 1. The first kappa shape index (κ1) is 14.1. The Hall–Kier alpha value is -2.88. The molecule has 0 saturated heterocycles. The van der Waals surface area contributed by atoms with Crippen molar-refractivity contribution in [3.05, 3.63) is 72.4 Å². The molecule has 4 nitrogen and oxygen atoms in total. The van der Waals surface area contributed by atoms with Gasteiger partial charge in [0.15, 0.2) is 5.82 Å². The summed E-state index contributed by atoms with van der Waals surface area (Å²) in [7, 11) is 1.82. The van der Waals surface area contributed by atoms with Crippen LogP contribution in [0.2, 0.25) is 0 Å². The number of hydrogen-bond acceptors (Lipinski definition) is 2. The number of anilines is 1. The van der Waals surface area contributed by atoms with Gasteiger partial charge >= 0.3 is 0 Å². The smallest absolute Gasteiger partial charge is 0.229 e. The zero-order chi connectivity index (χ0) is 15.4. The van der Waals surface area contributed by atoms with E-state index < -0.39 is 0 Å². The molecule has 0 radical (unpaired) electrons. The van der Waals surface area contributed by atoms with Crippen LogP contribution in [0.15, 0.2) is 66.9 Å². The summed E-state index contributed by atoms with van der Waals surface area (Å²) in [6.45, 7) is 0. The molecule has 0 spiro atoms. The molecule has 2 aromatic carbocycles. The molecule has 110 valence electrons. The second kappa shape index (κ2) is 6.26. The number of aryl methyl sites for hydroxylation is 1. The van der Waals surface area contributed by atoms with E-state index in [0.717, 1.165) is 11.1 Å². The number of amides is 1. The molecule has 0 bridgehead atoms. The van der Waals surface area contributed by atoms with Crippen molar-refractivity contribution in [2.24, 2.45) is 7.05 Å². The van der Waals surface area contributed by atoms with Gasteiger partial charge in [-0.1, -0.05) is 54.6 Å². The number of carbonyl (C=O) groups excluding carboxylic acids is 1. The third-order valence-electron chi connectivity index (χ3n) is 3.41. The van der Waals surface area contributed by atoms with Crippen molar-refractivity contribution in [3.63, 3.8) is 0 Å². The highest BCUT2D eigenvalue weighted by Gasteiger charge is 2.06. The number of benzene rings is 2. The third-order valence-corrected chi connectivity index (χ3v) is 3.41. The summed E-state index contributed by atoms with van der Waals surface area (Å²) < 4.78 is 1.66. The van der Waals surface area contributed by atoms with Gasteiger partial charge in [0.2, 0.25) is 5.91 Å². The standard InChI is InChI=1S/C18H17N3O/c1-21-12-11-17(20-21)19-18(22)13-14-7-9-16(10-8-14)15-5-3-2-4-6-15/h2-12H,13H2,1H3,(H,19,20,22). The lowest BCUT2D eigenvalue weighted by Crippen LogP contribution is -2.14. The molecule has 0 aliphatic heterocycles. The Labute approximate surface area is 129 Å². The van der Waals surface area contributed by atoms with Crippen molar-refractivity contribution in [2.45, 2.75) is 6.42 Å². The highest BCUT2D eigenvalue weighted by molar-refractivity contribution is 5.91. The monoisotopic (exact) mass is 291 g/mol. The van der Waals surface area contributed by atoms with Crippen molar-refractivity contribution in [2.75, 3.05) is 5.32 Å². The van der Waals surface area contributed by atoms with Crippen LogP contribution in [-0.2, 0) is 18.3 Å². The van der Waals surface area contributed by atoms with Crippen LogP contribution in [0.25, 0.3) is 11.1 Å². The van der Waals surface area contributed by atoms with E-state index >= 15 is 0 Å². The van der Waals surface area contributed by atoms with Gasteiger partial charge in [-0.2, -0.15) is 5.10 Å². The van der Waals surface area contributed by atoms with Gasteiger partial charge in [0.05, 0.1) is 6.42 Å². The fraction of sp³-hybridized carbons (Fsp3) is 0.111. The molecular formula is C18H17N3O. The molecule has 3 rings (SSSR count). The molecule has 22 heavy (non-hydrogen) atoms. The molecule has 4 heteroatoms. The quantitative estimate of drug-likeness (QED) is 0.802. The Kier molecular flexibility index (Phi) is 4.01. The molecule has 1 heterocycles. The van der Waals surface area contributed by atoms with E-state index in [9.17, 15) is 4.79 Å². The van der Waals surface area contributed by atoms with Gasteiger partial charge in [0, 0.05) is 19.3 Å². The predicted octanol–water partition coefficient (Wildman–Crippen LogP) is 3.27. The van der Waals surface area contributed by atoms with E-state index in [4.69, 9.17) is 0 Å². The van der Waals surface area contributed by atoms with Gasteiger partial charge in [-0.05, 0) is 16.7 Å². The molecule has 1 N–H and O–H groups in total. The molecule has 0 saturated carbocycles. The first-order valence-corrected chi connectivity index (χ1v) is 7.14. The minimum atomic E-state index is -0.0637. The third kappa shape index (κ3) is 3.41. The summed E-state index contributed by atoms with van der Waals surface area (Å²) >= 11 is 0. The summed E-state index contributed by atoms with van der Waals surface area (Å²) in [6, 6.07) is 20.0. The molecule has 0 atom stereocenters. The first-order valence-electron chi connectivity index (χ1n) is 7.14. The highest BCUT2D eigenvalue weighted by atomic mass is 16.1. The Bertz CT molecular complexity index is 761. The van der Waals surface area contributed by atoms with E-state index in [1.54, 1.807) is 16.9 Å². The Morgan fingerprint density at radius 1 is 1.00 bits per heavy atom. The molecular weight excluding hydrogens is 274 g/mol. The largest absolute Gasteiger partial charge is 0.309 e. The maximum absolute atomic E-state index is 12.0. The van der Waals surface area contributed by atoms with Gasteiger partial charge < -0.3 is 5.32 Å². The summed E-state index contributed by atoms with van der Waals surface area (Å²) in [5, 5.41) is 6.92. The zero-order valence-electron chi connectivity index (χ0n) is 12.4. The highest BCUT2D eigenvalue weighted by Crippen LogP contribution is 2.19. The molecule has 0 unspecified atom stereocenters. The minimum absolute atomic E-state index is 0.0637. The molecule has 3 aromatic rings. The van der Waals surface area contributed by atoms with Crippen LogP contribution in [0, 0.1) is 0 Å². The van der Waals surface area contributed by atoms with Crippen molar-refractivity contribution in [1.82, 2.24) is 9.78 Å². The first-order chi connectivity index (χ1) is 10.7. The summed E-state index contributed by atoms with van der Waals surface area (Å²) in [6.07, 6.45) is 2.13. The number of nitrogens with one attached hydrogen (secondary N) is 1. The lowest BCUT2D eigenvalue weighted by molar-refractivity contribution is -0.115. The number of nitrogens with zero attached hydrogens (tertiary/aromatic N) is 2. The van der Waals surface area contributed by atoms with E-state index in [1.165, 1.54) is 5.56 Å². The van der Waals surface area contributed by atoms with Gasteiger partial charge in [0.25, 0.3) is 0 Å². The van der Waals surface area contributed by atoms with Crippen LogP contribution < -0.4 is 5.32 Å². The summed E-state index contributed by atoms with van der Waals surface area (Å²) in [5.41, 5.74) is 3.30. The topological polar surface area (TPSA) is 46.9 Å². The Morgan fingerprint density at radius 2 is 1.68 bits per heavy atom. The van der Waals surface area contributed by atoms with Crippen LogP contribution in [0.5, 0.6) is 0 Å². The Balaban J connectivity index is 1.65. The van der Waals surface area contributed by atoms with Crippen LogP contribution in [0.1, 0.15) is 5.56 Å². The SMILES string of the molecule is Cn1ccc(NC(=O)Cc2ccc(-c3ccccc3)cc2)n1. The minimum Gasteiger partial charge on any atom is -0.309 e. The normalized spacial score (nSPS) is 10.4. The average molecular weight is 291 g/mol. The molecule has 0 fully saturated rings. The lowest BCUT2D eigenvalue weighted by atomic mass is 10.0. The molecule has 1 amide bonds. The maximum atomic E-state index is 12.0. The van der Waals surface area contributed by atoms with Gasteiger partial charge in [-0.3, -0.25) is 9.48 Å². The number of rotatable bonds is 4. The lowest BCUT2D eigenvalue weighted by Gasteiger charge is -2.05. The van der Waals surface area contributed by atoms with E-state index in [0.29, 0.717) is 12.2 Å². The predicted molar refractivity (Wildman–Crippen MR) is 87.4 cm³/mol. The molecule has 1 aromatic heterocycles. The number of carbonyl (C=O) groups is 1. The summed E-state index contributed by atoms with van der Waals surface area (Å²) in [5.74, 6) is 0.513. The van der Waals surface area contributed by atoms with Gasteiger partial charge in [-0.25, -0.2) is 0 Å². The number of aromatic nitrogens is 2. The summed E-state index contributed by atoms with van der Waals surface area (Å²) in [4.78, 5) is 12.0.